The van der Waals surface area contributed by atoms with Crippen molar-refractivity contribution in [3.63, 3.8) is 0 Å². The number of carbonyl (C=O) groups excluding carboxylic acids is 3. The molecule has 0 heterocycles. The van der Waals surface area contributed by atoms with Crippen LogP contribution < -0.4 is 25.4 Å². The van der Waals surface area contributed by atoms with Crippen LogP contribution in [0.5, 0.6) is 11.5 Å². The van der Waals surface area contributed by atoms with Gasteiger partial charge in [0.2, 0.25) is 5.91 Å². The second-order valence-electron chi connectivity index (χ2n) is 8.14. The van der Waals surface area contributed by atoms with Gasteiger partial charge in [0, 0.05) is 25.2 Å². The zero-order valence-electron chi connectivity index (χ0n) is 19.4. The third-order valence-corrected chi connectivity index (χ3v) is 4.18. The lowest BCUT2D eigenvalue weighted by atomic mass is 10.2. The Morgan fingerprint density at radius 3 is 2.18 bits per heavy atom. The van der Waals surface area contributed by atoms with Gasteiger partial charge in [-0.1, -0.05) is 24.3 Å². The van der Waals surface area contributed by atoms with Crippen LogP contribution in [0.4, 0.5) is 10.5 Å². The maximum absolute atomic E-state index is 12.1. The Morgan fingerprint density at radius 1 is 0.879 bits per heavy atom. The number of methoxy groups -OCH3 is 1. The van der Waals surface area contributed by atoms with Crippen molar-refractivity contribution in [2.75, 3.05) is 25.6 Å². The topological polar surface area (TPSA) is 115 Å². The first-order chi connectivity index (χ1) is 15.7. The zero-order chi connectivity index (χ0) is 24.3. The van der Waals surface area contributed by atoms with E-state index in [4.69, 9.17) is 14.2 Å². The number of nitrogens with one attached hydrogen (secondary N) is 3. The van der Waals surface area contributed by atoms with Crippen molar-refractivity contribution < 1.29 is 28.6 Å². The summed E-state index contributed by atoms with van der Waals surface area (Å²) >= 11 is 0. The molecule has 0 aliphatic rings. The van der Waals surface area contributed by atoms with E-state index in [0.717, 1.165) is 5.56 Å². The number of alkyl carbamates (subject to hydrolysis) is 1. The second kappa shape index (κ2) is 12.3. The average Bonchev–Trinajstić information content (AvgIpc) is 2.76. The van der Waals surface area contributed by atoms with Crippen LogP contribution in [0, 0.1) is 0 Å². The van der Waals surface area contributed by atoms with Crippen LogP contribution in [0.25, 0.3) is 0 Å². The molecule has 3 amide bonds. The molecule has 0 aliphatic carbocycles. The highest BCUT2D eigenvalue weighted by molar-refractivity contribution is 5.91. The van der Waals surface area contributed by atoms with Crippen molar-refractivity contribution in [3.05, 3.63) is 54.1 Å². The average molecular weight is 458 g/mol. The summed E-state index contributed by atoms with van der Waals surface area (Å²) in [6.45, 7) is 5.66. The van der Waals surface area contributed by atoms with E-state index in [1.807, 2.05) is 6.07 Å². The molecule has 2 aromatic rings. The van der Waals surface area contributed by atoms with Gasteiger partial charge < -0.3 is 30.2 Å². The van der Waals surface area contributed by atoms with Gasteiger partial charge in [-0.25, -0.2) is 4.79 Å². The third-order valence-electron chi connectivity index (χ3n) is 4.18. The van der Waals surface area contributed by atoms with Crippen LogP contribution in [-0.2, 0) is 20.9 Å². The summed E-state index contributed by atoms with van der Waals surface area (Å²) in [7, 11) is 1.53. The highest BCUT2D eigenvalue weighted by Crippen LogP contribution is 2.25. The van der Waals surface area contributed by atoms with Gasteiger partial charge in [-0.3, -0.25) is 9.59 Å². The van der Waals surface area contributed by atoms with Crippen LogP contribution in [0.2, 0.25) is 0 Å². The summed E-state index contributed by atoms with van der Waals surface area (Å²) < 4.78 is 15.8. The monoisotopic (exact) mass is 457 g/mol. The fraction of sp³-hybridized carbons (Fsp3) is 0.375. The maximum Gasteiger partial charge on any atom is 0.407 e. The van der Waals surface area contributed by atoms with Gasteiger partial charge in [-0.2, -0.15) is 0 Å². The van der Waals surface area contributed by atoms with E-state index in [2.05, 4.69) is 16.0 Å². The molecule has 9 nitrogen and oxygen atoms in total. The largest absolute Gasteiger partial charge is 0.493 e. The van der Waals surface area contributed by atoms with Gasteiger partial charge in [0.15, 0.2) is 18.1 Å². The quantitative estimate of drug-likeness (QED) is 0.505. The number of benzene rings is 2. The molecule has 9 heteroatoms. The first kappa shape index (κ1) is 25.5. The fourth-order valence-corrected chi connectivity index (χ4v) is 2.67. The number of amides is 3. The van der Waals surface area contributed by atoms with Gasteiger partial charge in [0.25, 0.3) is 5.91 Å². The summed E-state index contributed by atoms with van der Waals surface area (Å²) in [5, 5.41) is 8.07. The van der Waals surface area contributed by atoms with Crippen LogP contribution in [-0.4, -0.2) is 43.8 Å². The zero-order valence-corrected chi connectivity index (χ0v) is 19.4. The maximum atomic E-state index is 12.1. The van der Waals surface area contributed by atoms with E-state index in [0.29, 0.717) is 23.7 Å². The fourth-order valence-electron chi connectivity index (χ4n) is 2.67. The normalized spacial score (nSPS) is 10.7. The number of hydrogen-bond acceptors (Lipinski definition) is 6. The Hall–Kier alpha value is -3.75. The van der Waals surface area contributed by atoms with Gasteiger partial charge in [0.05, 0.1) is 7.11 Å². The molecule has 2 aromatic carbocycles. The Labute approximate surface area is 193 Å². The van der Waals surface area contributed by atoms with Crippen molar-refractivity contribution >= 4 is 23.6 Å². The molecule has 0 aliphatic heterocycles. The summed E-state index contributed by atoms with van der Waals surface area (Å²) in [5.41, 5.74) is 0.896. The Balaban J connectivity index is 1.69. The van der Waals surface area contributed by atoms with Gasteiger partial charge in [-0.15, -0.1) is 0 Å². The summed E-state index contributed by atoms with van der Waals surface area (Å²) in [5.74, 6) is 0.538. The van der Waals surface area contributed by atoms with Crippen LogP contribution in [0.1, 0.15) is 32.8 Å². The molecular weight excluding hydrogens is 426 g/mol. The lowest BCUT2D eigenvalue weighted by molar-refractivity contribution is -0.121. The van der Waals surface area contributed by atoms with Crippen molar-refractivity contribution in [1.29, 1.82) is 0 Å². The predicted molar refractivity (Wildman–Crippen MR) is 124 cm³/mol. The lowest BCUT2D eigenvalue weighted by Crippen LogP contribution is -2.35. The summed E-state index contributed by atoms with van der Waals surface area (Å²) in [6, 6.07) is 14.2. The molecule has 0 unspecified atom stereocenters. The van der Waals surface area contributed by atoms with E-state index >= 15 is 0 Å². The molecule has 0 atom stereocenters. The number of carbonyl (C=O) groups is 3. The van der Waals surface area contributed by atoms with E-state index in [1.165, 1.54) is 7.11 Å². The molecule has 0 spiro atoms. The minimum Gasteiger partial charge on any atom is -0.493 e. The smallest absolute Gasteiger partial charge is 0.407 e. The van der Waals surface area contributed by atoms with Gasteiger partial charge in [0.1, 0.15) is 5.60 Å². The van der Waals surface area contributed by atoms with Crippen molar-refractivity contribution in [2.45, 2.75) is 39.3 Å². The van der Waals surface area contributed by atoms with Gasteiger partial charge in [-0.05, 0) is 50.6 Å². The number of rotatable bonds is 10. The molecule has 0 bridgehead atoms. The van der Waals surface area contributed by atoms with E-state index < -0.39 is 11.7 Å². The molecule has 0 fully saturated rings. The number of ether oxygens (including phenoxy) is 3. The molecule has 2 rings (SSSR count). The van der Waals surface area contributed by atoms with Crippen LogP contribution in [0.15, 0.2) is 48.5 Å². The first-order valence-corrected chi connectivity index (χ1v) is 10.5. The molecular formula is C24H31N3O6. The highest BCUT2D eigenvalue weighted by atomic mass is 16.6. The Kier molecular flexibility index (Phi) is 9.53. The van der Waals surface area contributed by atoms with E-state index in [1.54, 1.807) is 63.2 Å². The predicted octanol–water partition coefficient (Wildman–Crippen LogP) is 3.24. The van der Waals surface area contributed by atoms with Crippen LogP contribution >= 0.6 is 0 Å². The molecule has 33 heavy (non-hydrogen) atoms. The first-order valence-electron chi connectivity index (χ1n) is 10.5. The summed E-state index contributed by atoms with van der Waals surface area (Å²) in [6.07, 6.45) is -0.416. The Bertz CT molecular complexity index is 938. The van der Waals surface area contributed by atoms with Crippen molar-refractivity contribution in [1.82, 2.24) is 10.6 Å². The minimum absolute atomic E-state index is 0.138. The molecule has 0 saturated carbocycles. The molecule has 178 valence electrons. The molecule has 3 N–H and O–H groups in total. The van der Waals surface area contributed by atoms with Crippen molar-refractivity contribution in [3.8, 4) is 11.5 Å². The van der Waals surface area contributed by atoms with Gasteiger partial charge >= 0.3 is 6.09 Å². The lowest BCUT2D eigenvalue weighted by Gasteiger charge is -2.19. The standard InChI is InChI=1S/C24H31N3O6/c1-24(2,3)33-23(30)25-14-13-21(28)26-15-17-9-11-18(12-10-17)27-22(29)16-32-20-8-6-5-7-19(20)31-4/h5-12H,13-16H2,1-4H3,(H,25,30)(H,26,28)(H,27,29). The summed E-state index contributed by atoms with van der Waals surface area (Å²) in [4.78, 5) is 35.6. The number of hydrogen-bond donors (Lipinski definition) is 3. The minimum atomic E-state index is -0.583. The molecule has 0 aromatic heterocycles. The number of para-hydroxylation sites is 2. The Morgan fingerprint density at radius 2 is 1.55 bits per heavy atom. The van der Waals surface area contributed by atoms with E-state index in [-0.39, 0.29) is 31.4 Å². The van der Waals surface area contributed by atoms with Crippen molar-refractivity contribution in [2.24, 2.45) is 0 Å². The second-order valence-corrected chi connectivity index (χ2v) is 8.14. The number of anilines is 1. The molecule has 0 saturated heterocycles. The van der Waals surface area contributed by atoms with E-state index in [9.17, 15) is 14.4 Å². The van der Waals surface area contributed by atoms with Crippen LogP contribution in [0.3, 0.4) is 0 Å². The SMILES string of the molecule is COc1ccccc1OCC(=O)Nc1ccc(CNC(=O)CCNC(=O)OC(C)(C)C)cc1. The highest BCUT2D eigenvalue weighted by Gasteiger charge is 2.15. The molecule has 0 radical (unpaired) electrons. The third kappa shape index (κ3) is 9.94.